The highest BCUT2D eigenvalue weighted by molar-refractivity contribution is 5.47. The van der Waals surface area contributed by atoms with Crippen LogP contribution in [-0.4, -0.2) is 9.91 Å². The lowest BCUT2D eigenvalue weighted by Gasteiger charge is -2.04. The van der Waals surface area contributed by atoms with E-state index >= 15 is 0 Å². The van der Waals surface area contributed by atoms with Crippen molar-refractivity contribution in [1.29, 1.82) is 0 Å². The molecule has 0 aromatic carbocycles. The predicted octanol–water partition coefficient (Wildman–Crippen LogP) is 1.65. The Labute approximate surface area is 75.5 Å². The highest BCUT2D eigenvalue weighted by Crippen LogP contribution is 2.30. The van der Waals surface area contributed by atoms with Gasteiger partial charge in [-0.05, 0) is 0 Å². The van der Waals surface area contributed by atoms with Crippen molar-refractivity contribution in [3.63, 3.8) is 0 Å². The summed E-state index contributed by atoms with van der Waals surface area (Å²) in [4.78, 5) is 12.1. The summed E-state index contributed by atoms with van der Waals surface area (Å²) in [7, 11) is 0. The Balaban J connectivity index is 3.41. The number of pyridine rings is 1. The van der Waals surface area contributed by atoms with Crippen molar-refractivity contribution in [1.82, 2.24) is 4.98 Å². The Morgan fingerprint density at radius 1 is 1.57 bits per heavy atom. The molecule has 0 spiro atoms. The van der Waals surface area contributed by atoms with Gasteiger partial charge in [0, 0.05) is 0 Å². The summed E-state index contributed by atoms with van der Waals surface area (Å²) in [6.45, 7) is 0. The van der Waals surface area contributed by atoms with Gasteiger partial charge in [-0.1, -0.05) is 0 Å². The minimum absolute atomic E-state index is 0.497. The molecule has 0 saturated carbocycles. The van der Waals surface area contributed by atoms with Crippen LogP contribution in [0.3, 0.4) is 0 Å². The second-order valence-corrected chi connectivity index (χ2v) is 2.31. The topological polar surface area (TPSA) is 82.0 Å². The number of hydrogen-bond acceptors (Lipinski definition) is 4. The van der Waals surface area contributed by atoms with E-state index < -0.39 is 34.2 Å². The lowest BCUT2D eigenvalue weighted by atomic mass is 10.2. The number of anilines is 1. The average molecular weight is 207 g/mol. The molecule has 76 valence electrons. The summed E-state index contributed by atoms with van der Waals surface area (Å²) in [5.41, 5.74) is 2.58. The van der Waals surface area contributed by atoms with E-state index in [1.165, 1.54) is 0 Å². The number of halogens is 3. The van der Waals surface area contributed by atoms with Gasteiger partial charge in [-0.25, -0.2) is 13.8 Å². The minimum atomic E-state index is -3.23. The van der Waals surface area contributed by atoms with Crippen molar-refractivity contribution in [2.24, 2.45) is 0 Å². The van der Waals surface area contributed by atoms with Gasteiger partial charge in [-0.3, -0.25) is 10.1 Å². The normalized spacial score (nSPS) is 10.6. The molecule has 5 nitrogen and oxygen atoms in total. The molecular formula is C6H4F3N3O2. The molecule has 0 aliphatic heterocycles. The van der Waals surface area contributed by atoms with Crippen LogP contribution in [0.4, 0.5) is 24.7 Å². The Morgan fingerprint density at radius 3 is 2.57 bits per heavy atom. The second-order valence-electron chi connectivity index (χ2n) is 2.31. The molecule has 1 aromatic rings. The molecule has 1 rings (SSSR count). The van der Waals surface area contributed by atoms with Crippen molar-refractivity contribution in [3.05, 3.63) is 27.7 Å². The van der Waals surface area contributed by atoms with Crippen LogP contribution in [0, 0.1) is 15.9 Å². The maximum Gasteiger partial charge on any atom is 0.323 e. The maximum atomic E-state index is 13.0. The first-order chi connectivity index (χ1) is 6.45. The summed E-state index contributed by atoms with van der Waals surface area (Å²) in [5.74, 6) is -2.39. The lowest BCUT2D eigenvalue weighted by molar-refractivity contribution is -0.388. The first kappa shape index (κ1) is 10.2. The third kappa shape index (κ3) is 1.58. The standard InChI is InChI=1S/C6H4F3N3O2/c7-4-2(12(13)14)1-11-6(10)3(4)5(8)9/h1,5H,(H2,10,11). The number of nitrogens with two attached hydrogens (primary N) is 1. The number of nitrogens with zero attached hydrogens (tertiary/aromatic N) is 2. The third-order valence-corrected chi connectivity index (χ3v) is 1.48. The Bertz CT molecular complexity index is 383. The number of nitrogen functional groups attached to an aromatic ring is 1. The number of aromatic nitrogens is 1. The molecule has 14 heavy (non-hydrogen) atoms. The van der Waals surface area contributed by atoms with Crippen LogP contribution >= 0.6 is 0 Å². The van der Waals surface area contributed by atoms with Gasteiger partial charge < -0.3 is 5.73 Å². The molecule has 0 aliphatic carbocycles. The van der Waals surface area contributed by atoms with Gasteiger partial charge in [0.2, 0.25) is 5.82 Å². The fourth-order valence-electron chi connectivity index (χ4n) is 0.842. The maximum absolute atomic E-state index is 13.0. The first-order valence-corrected chi connectivity index (χ1v) is 3.31. The Hall–Kier alpha value is -1.86. The Morgan fingerprint density at radius 2 is 2.14 bits per heavy atom. The van der Waals surface area contributed by atoms with E-state index in [0.29, 0.717) is 6.20 Å². The zero-order chi connectivity index (χ0) is 10.9. The monoisotopic (exact) mass is 207 g/mol. The Kier molecular flexibility index (Phi) is 2.54. The van der Waals surface area contributed by atoms with Crippen LogP contribution in [0.5, 0.6) is 0 Å². The van der Waals surface area contributed by atoms with Crippen molar-refractivity contribution < 1.29 is 18.1 Å². The highest BCUT2D eigenvalue weighted by Gasteiger charge is 2.26. The smallest absolute Gasteiger partial charge is 0.323 e. The zero-order valence-electron chi connectivity index (χ0n) is 6.58. The fraction of sp³-hybridized carbons (Fsp3) is 0.167. The number of rotatable bonds is 2. The molecule has 0 amide bonds. The first-order valence-electron chi connectivity index (χ1n) is 3.31. The van der Waals surface area contributed by atoms with E-state index in [1.54, 1.807) is 0 Å². The fourth-order valence-corrected chi connectivity index (χ4v) is 0.842. The van der Waals surface area contributed by atoms with Crippen LogP contribution in [0.25, 0.3) is 0 Å². The summed E-state index contributed by atoms with van der Waals surface area (Å²) in [6, 6.07) is 0. The summed E-state index contributed by atoms with van der Waals surface area (Å²) in [5, 5.41) is 10.1. The average Bonchev–Trinajstić information content (AvgIpc) is 2.02. The molecule has 2 N–H and O–H groups in total. The molecular weight excluding hydrogens is 203 g/mol. The van der Waals surface area contributed by atoms with Crippen LogP contribution in [-0.2, 0) is 0 Å². The molecule has 0 unspecified atom stereocenters. The molecule has 8 heteroatoms. The summed E-state index contributed by atoms with van der Waals surface area (Å²) in [6.07, 6.45) is -2.74. The molecule has 0 bridgehead atoms. The van der Waals surface area contributed by atoms with Crippen molar-refractivity contribution in [2.45, 2.75) is 6.43 Å². The van der Waals surface area contributed by atoms with Crippen LogP contribution in [0.2, 0.25) is 0 Å². The molecule has 0 fully saturated rings. The van der Waals surface area contributed by atoms with Crippen LogP contribution in [0.15, 0.2) is 6.20 Å². The van der Waals surface area contributed by atoms with Crippen LogP contribution in [0.1, 0.15) is 12.0 Å². The van der Waals surface area contributed by atoms with Gasteiger partial charge in [0.1, 0.15) is 17.6 Å². The second kappa shape index (κ2) is 3.48. The third-order valence-electron chi connectivity index (χ3n) is 1.48. The van der Waals surface area contributed by atoms with E-state index in [4.69, 9.17) is 5.73 Å². The minimum Gasteiger partial charge on any atom is -0.383 e. The van der Waals surface area contributed by atoms with Gasteiger partial charge in [-0.2, -0.15) is 4.39 Å². The highest BCUT2D eigenvalue weighted by atomic mass is 19.3. The molecule has 0 radical (unpaired) electrons. The van der Waals surface area contributed by atoms with E-state index in [2.05, 4.69) is 4.98 Å². The van der Waals surface area contributed by atoms with Gasteiger partial charge in [0.25, 0.3) is 6.43 Å². The van der Waals surface area contributed by atoms with Crippen molar-refractivity contribution in [3.8, 4) is 0 Å². The van der Waals surface area contributed by atoms with Gasteiger partial charge >= 0.3 is 5.69 Å². The van der Waals surface area contributed by atoms with Crippen LogP contribution < -0.4 is 5.73 Å². The van der Waals surface area contributed by atoms with Gasteiger partial charge in [-0.15, -0.1) is 0 Å². The molecule has 0 atom stereocenters. The number of alkyl halides is 2. The van der Waals surface area contributed by atoms with E-state index in [0.717, 1.165) is 0 Å². The predicted molar refractivity (Wildman–Crippen MR) is 40.2 cm³/mol. The number of hydrogen-bond donors (Lipinski definition) is 1. The van der Waals surface area contributed by atoms with Gasteiger partial charge in [0.15, 0.2) is 0 Å². The zero-order valence-corrected chi connectivity index (χ0v) is 6.58. The molecule has 1 aromatic heterocycles. The quantitative estimate of drug-likeness (QED) is 0.590. The molecule has 0 aliphatic rings. The van der Waals surface area contributed by atoms with E-state index in [1.807, 2.05) is 0 Å². The molecule has 1 heterocycles. The van der Waals surface area contributed by atoms with Crippen molar-refractivity contribution >= 4 is 11.5 Å². The van der Waals surface area contributed by atoms with E-state index in [9.17, 15) is 23.3 Å². The van der Waals surface area contributed by atoms with Crippen molar-refractivity contribution in [2.75, 3.05) is 5.73 Å². The summed E-state index contributed by atoms with van der Waals surface area (Å²) >= 11 is 0. The molecule has 0 saturated heterocycles. The van der Waals surface area contributed by atoms with E-state index in [-0.39, 0.29) is 0 Å². The SMILES string of the molecule is Nc1ncc([N+](=O)[O-])c(F)c1C(F)F. The largest absolute Gasteiger partial charge is 0.383 e. The lowest BCUT2D eigenvalue weighted by Crippen LogP contribution is -2.05. The number of nitro groups is 1. The van der Waals surface area contributed by atoms with Gasteiger partial charge in [0.05, 0.1) is 4.92 Å². The summed E-state index contributed by atoms with van der Waals surface area (Å²) < 4.78 is 37.3.